The summed E-state index contributed by atoms with van der Waals surface area (Å²) in [6.07, 6.45) is 0. The second-order valence-corrected chi connectivity index (χ2v) is 6.80. The fourth-order valence-corrected chi connectivity index (χ4v) is 3.25. The van der Waals surface area contributed by atoms with Crippen LogP contribution in [0.1, 0.15) is 57.6 Å². The Morgan fingerprint density at radius 3 is 2.35 bits per heavy atom. The lowest BCUT2D eigenvalue weighted by molar-refractivity contribution is -0.691. The third-order valence-corrected chi connectivity index (χ3v) is 4.64. The van der Waals surface area contributed by atoms with Gasteiger partial charge in [-0.3, -0.25) is 4.79 Å². The summed E-state index contributed by atoms with van der Waals surface area (Å²) in [6, 6.07) is 6.40. The minimum absolute atomic E-state index is 0.0380. The Hall–Kier alpha value is -2.47. The number of ketones is 1. The third kappa shape index (κ3) is 4.19. The lowest BCUT2D eigenvalue weighted by Gasteiger charge is -2.19. The molecule has 0 bridgehead atoms. The summed E-state index contributed by atoms with van der Waals surface area (Å²) in [7, 11) is 1.32. The standard InChI is InChI=1S/C20H25FN2O3/c1-11(2)18(14-6-8-15(21)9-7-14)22-10-16(24)19-12(3)17(13(4)23-19)20(25)26-5/h6-9,11,18,22-23H,10H2,1-5H3/p+1/t18-/m1/s1. The predicted molar refractivity (Wildman–Crippen MR) is 96.7 cm³/mol. The van der Waals surface area contributed by atoms with Gasteiger partial charge in [0, 0.05) is 17.2 Å². The molecule has 2 rings (SSSR count). The summed E-state index contributed by atoms with van der Waals surface area (Å²) in [5, 5.41) is 1.95. The molecule has 0 unspecified atom stereocenters. The lowest BCUT2D eigenvalue weighted by Crippen LogP contribution is -2.87. The van der Waals surface area contributed by atoms with Gasteiger partial charge in [0.25, 0.3) is 0 Å². The molecule has 0 fully saturated rings. The number of H-pyrrole nitrogens is 1. The fraction of sp³-hybridized carbons (Fsp3) is 0.400. The highest BCUT2D eigenvalue weighted by Gasteiger charge is 2.25. The molecule has 0 aliphatic heterocycles. The number of esters is 1. The maximum absolute atomic E-state index is 13.2. The Kier molecular flexibility index (Phi) is 6.32. The van der Waals surface area contributed by atoms with Crippen LogP contribution in [0.4, 0.5) is 4.39 Å². The van der Waals surface area contributed by atoms with Gasteiger partial charge in [-0.15, -0.1) is 0 Å². The van der Waals surface area contributed by atoms with E-state index in [1.165, 1.54) is 19.2 Å². The molecular formula is C20H26FN2O3+. The highest BCUT2D eigenvalue weighted by atomic mass is 19.1. The molecule has 3 N–H and O–H groups in total. The van der Waals surface area contributed by atoms with E-state index in [4.69, 9.17) is 4.74 Å². The number of aromatic amines is 1. The topological polar surface area (TPSA) is 75.8 Å². The van der Waals surface area contributed by atoms with Crippen molar-refractivity contribution < 1.29 is 24.0 Å². The molecule has 0 amide bonds. The van der Waals surface area contributed by atoms with E-state index in [1.807, 2.05) is 5.32 Å². The molecule has 5 nitrogen and oxygen atoms in total. The molecule has 2 aromatic rings. The first-order valence-corrected chi connectivity index (χ1v) is 8.65. The number of aryl methyl sites for hydroxylation is 1. The van der Waals surface area contributed by atoms with Crippen LogP contribution in [0.2, 0.25) is 0 Å². The van der Waals surface area contributed by atoms with Crippen molar-refractivity contribution in [3.05, 3.63) is 58.2 Å². The molecule has 0 saturated heterocycles. The van der Waals surface area contributed by atoms with Gasteiger partial charge in [0.1, 0.15) is 18.4 Å². The van der Waals surface area contributed by atoms with Gasteiger partial charge in [-0.25, -0.2) is 9.18 Å². The normalized spacial score (nSPS) is 12.3. The molecule has 0 radical (unpaired) electrons. The number of methoxy groups -OCH3 is 1. The van der Waals surface area contributed by atoms with Crippen LogP contribution >= 0.6 is 0 Å². The number of nitrogens with one attached hydrogen (secondary N) is 1. The van der Waals surface area contributed by atoms with E-state index in [0.29, 0.717) is 22.5 Å². The van der Waals surface area contributed by atoms with Crippen LogP contribution in [-0.4, -0.2) is 30.4 Å². The van der Waals surface area contributed by atoms with Crippen LogP contribution in [0.15, 0.2) is 24.3 Å². The number of benzene rings is 1. The van der Waals surface area contributed by atoms with Crippen molar-refractivity contribution in [2.24, 2.45) is 5.92 Å². The van der Waals surface area contributed by atoms with Crippen molar-refractivity contribution >= 4 is 11.8 Å². The molecule has 0 aliphatic rings. The zero-order valence-electron chi connectivity index (χ0n) is 15.9. The smallest absolute Gasteiger partial charge is 0.339 e. The van der Waals surface area contributed by atoms with Crippen LogP contribution in [0.25, 0.3) is 0 Å². The second kappa shape index (κ2) is 8.27. The van der Waals surface area contributed by atoms with E-state index >= 15 is 0 Å². The first-order chi connectivity index (χ1) is 12.3. The number of nitrogens with two attached hydrogens (primary N) is 1. The summed E-state index contributed by atoms with van der Waals surface area (Å²) >= 11 is 0. The summed E-state index contributed by atoms with van der Waals surface area (Å²) in [6.45, 7) is 7.84. The van der Waals surface area contributed by atoms with Gasteiger partial charge in [0.05, 0.1) is 18.4 Å². The van der Waals surface area contributed by atoms with Crippen molar-refractivity contribution in [3.63, 3.8) is 0 Å². The third-order valence-electron chi connectivity index (χ3n) is 4.64. The maximum atomic E-state index is 13.2. The van der Waals surface area contributed by atoms with Gasteiger partial charge in [0.15, 0.2) is 0 Å². The number of Topliss-reactive ketones (excluding diaryl/α,β-unsaturated/α-hetero) is 1. The van der Waals surface area contributed by atoms with Gasteiger partial charge in [0.2, 0.25) is 5.78 Å². The molecule has 1 atom stereocenters. The van der Waals surface area contributed by atoms with Gasteiger partial charge >= 0.3 is 5.97 Å². The zero-order chi connectivity index (χ0) is 19.4. The molecule has 140 valence electrons. The van der Waals surface area contributed by atoms with Crippen LogP contribution in [0.5, 0.6) is 0 Å². The molecule has 6 heteroatoms. The average molecular weight is 361 g/mol. The number of quaternary nitrogens is 1. The first-order valence-electron chi connectivity index (χ1n) is 8.65. The van der Waals surface area contributed by atoms with E-state index in [-0.39, 0.29) is 30.1 Å². The van der Waals surface area contributed by atoms with Crippen molar-refractivity contribution in [3.8, 4) is 0 Å². The minimum Gasteiger partial charge on any atom is -0.465 e. The van der Waals surface area contributed by atoms with E-state index in [0.717, 1.165) is 5.56 Å². The van der Waals surface area contributed by atoms with E-state index in [1.54, 1.807) is 26.0 Å². The summed E-state index contributed by atoms with van der Waals surface area (Å²) in [5.74, 6) is -0.551. The quantitative estimate of drug-likeness (QED) is 0.588. The van der Waals surface area contributed by atoms with Crippen LogP contribution in [-0.2, 0) is 4.74 Å². The number of aromatic nitrogens is 1. The molecule has 1 aromatic carbocycles. The number of hydrogen-bond acceptors (Lipinski definition) is 3. The van der Waals surface area contributed by atoms with Crippen molar-refractivity contribution in [1.82, 2.24) is 4.98 Å². The zero-order valence-corrected chi connectivity index (χ0v) is 15.9. The van der Waals surface area contributed by atoms with Crippen LogP contribution in [0, 0.1) is 25.6 Å². The highest BCUT2D eigenvalue weighted by Crippen LogP contribution is 2.20. The number of ether oxygens (including phenoxy) is 1. The average Bonchev–Trinajstić information content (AvgIpc) is 2.90. The summed E-state index contributed by atoms with van der Waals surface area (Å²) < 4.78 is 17.9. The fourth-order valence-electron chi connectivity index (χ4n) is 3.25. The molecule has 0 aliphatic carbocycles. The molecule has 1 heterocycles. The predicted octanol–water partition coefficient (Wildman–Crippen LogP) is 2.70. The lowest BCUT2D eigenvalue weighted by atomic mass is 9.95. The first kappa shape index (κ1) is 19.8. The molecule has 1 aromatic heterocycles. The SMILES string of the molecule is COC(=O)c1c(C)[nH]c(C(=O)C[NH2+][C@@H](c2ccc(F)cc2)C(C)C)c1C. The molecule has 0 spiro atoms. The Morgan fingerprint density at radius 2 is 1.81 bits per heavy atom. The Balaban J connectivity index is 2.16. The monoisotopic (exact) mass is 361 g/mol. The Morgan fingerprint density at radius 1 is 1.19 bits per heavy atom. The largest absolute Gasteiger partial charge is 0.465 e. The van der Waals surface area contributed by atoms with E-state index < -0.39 is 5.97 Å². The maximum Gasteiger partial charge on any atom is 0.339 e. The number of hydrogen-bond donors (Lipinski definition) is 2. The minimum atomic E-state index is -0.453. The van der Waals surface area contributed by atoms with Gasteiger partial charge in [-0.05, 0) is 31.5 Å². The molecule has 26 heavy (non-hydrogen) atoms. The Bertz CT molecular complexity index is 794. The van der Waals surface area contributed by atoms with Crippen molar-refractivity contribution in [2.75, 3.05) is 13.7 Å². The Labute approximate surface area is 152 Å². The highest BCUT2D eigenvalue weighted by molar-refractivity contribution is 6.01. The van der Waals surface area contributed by atoms with Crippen molar-refractivity contribution in [1.29, 1.82) is 0 Å². The molecular weight excluding hydrogens is 335 g/mol. The van der Waals surface area contributed by atoms with E-state index in [2.05, 4.69) is 18.8 Å². The summed E-state index contributed by atoms with van der Waals surface area (Å²) in [4.78, 5) is 27.6. The second-order valence-electron chi connectivity index (χ2n) is 6.80. The van der Waals surface area contributed by atoms with Crippen LogP contribution < -0.4 is 5.32 Å². The number of halogens is 1. The molecule has 0 saturated carbocycles. The number of carbonyl (C=O) groups is 2. The van der Waals surface area contributed by atoms with Gasteiger partial charge in [-0.1, -0.05) is 26.0 Å². The van der Waals surface area contributed by atoms with Gasteiger partial charge in [-0.2, -0.15) is 0 Å². The van der Waals surface area contributed by atoms with Gasteiger partial charge < -0.3 is 15.0 Å². The van der Waals surface area contributed by atoms with E-state index in [9.17, 15) is 14.0 Å². The van der Waals surface area contributed by atoms with Crippen LogP contribution in [0.3, 0.4) is 0 Å². The summed E-state index contributed by atoms with van der Waals surface area (Å²) in [5.41, 5.74) is 3.05. The number of carbonyl (C=O) groups excluding carboxylic acids is 2. The number of rotatable bonds is 7. The van der Waals surface area contributed by atoms with Crippen molar-refractivity contribution in [2.45, 2.75) is 33.7 Å².